The molecule has 0 aliphatic carbocycles. The van der Waals surface area contributed by atoms with E-state index in [1.54, 1.807) is 35.2 Å². The Labute approximate surface area is 221 Å². The number of hydrogen-bond donors (Lipinski definition) is 1. The highest BCUT2D eigenvalue weighted by molar-refractivity contribution is 5.99. The molecule has 39 heavy (non-hydrogen) atoms. The third-order valence-electron chi connectivity index (χ3n) is 6.87. The van der Waals surface area contributed by atoms with Crippen LogP contribution in [0.4, 0.5) is 13.2 Å². The fraction of sp³-hybridized carbons (Fsp3) is 0.207. The molecular formula is C29H24F3N3O4. The Morgan fingerprint density at radius 3 is 2.51 bits per heavy atom. The second-order valence-electron chi connectivity index (χ2n) is 9.41. The molecule has 0 unspecified atom stereocenters. The van der Waals surface area contributed by atoms with Crippen molar-refractivity contribution in [3.8, 4) is 5.75 Å². The Kier molecular flexibility index (Phi) is 6.86. The number of benzene rings is 2. The van der Waals surface area contributed by atoms with Crippen LogP contribution in [0.1, 0.15) is 44.9 Å². The van der Waals surface area contributed by atoms with Gasteiger partial charge in [0.25, 0.3) is 11.8 Å². The number of halogens is 3. The molecule has 2 bridgehead atoms. The molecule has 0 radical (unpaired) electrons. The topological polar surface area (TPSA) is 80.6 Å². The van der Waals surface area contributed by atoms with Crippen LogP contribution in [-0.2, 0) is 13.2 Å². The number of ether oxygens (including phenoxy) is 1. The number of amides is 2. The molecule has 2 aliphatic heterocycles. The monoisotopic (exact) mass is 535 g/mol. The molecule has 1 aromatic heterocycles. The van der Waals surface area contributed by atoms with E-state index in [0.717, 1.165) is 5.56 Å². The van der Waals surface area contributed by atoms with Gasteiger partial charge in [0.2, 0.25) is 5.43 Å². The van der Waals surface area contributed by atoms with Gasteiger partial charge in [0.15, 0.2) is 11.4 Å². The summed E-state index contributed by atoms with van der Waals surface area (Å²) >= 11 is 0. The van der Waals surface area contributed by atoms with Crippen LogP contribution < -0.4 is 15.5 Å². The zero-order valence-electron chi connectivity index (χ0n) is 20.9. The van der Waals surface area contributed by atoms with Gasteiger partial charge in [-0.1, -0.05) is 49.1 Å². The maximum atomic E-state index is 14.1. The molecule has 2 aliphatic rings. The lowest BCUT2D eigenvalue weighted by Crippen LogP contribution is -2.48. The van der Waals surface area contributed by atoms with Crippen molar-refractivity contribution < 1.29 is 27.5 Å². The quantitative estimate of drug-likeness (QED) is 0.511. The number of allylic oxidation sites excluding steroid dienone is 1. The van der Waals surface area contributed by atoms with Gasteiger partial charge < -0.3 is 19.5 Å². The number of nitrogens with zero attached hydrogens (tertiary/aromatic N) is 2. The maximum Gasteiger partial charge on any atom is 0.275 e. The Hall–Kier alpha value is -4.60. The number of fused-ring (bicyclic) bond motifs is 4. The van der Waals surface area contributed by atoms with Gasteiger partial charge in [-0.25, -0.2) is 13.2 Å². The highest BCUT2D eigenvalue weighted by Gasteiger charge is 2.39. The van der Waals surface area contributed by atoms with Gasteiger partial charge in [0.1, 0.15) is 29.6 Å². The van der Waals surface area contributed by atoms with E-state index in [1.165, 1.54) is 10.8 Å². The van der Waals surface area contributed by atoms with E-state index in [9.17, 15) is 27.6 Å². The van der Waals surface area contributed by atoms with Gasteiger partial charge in [-0.15, -0.1) is 0 Å². The molecule has 0 fully saturated rings. The van der Waals surface area contributed by atoms with Crippen LogP contribution in [0.15, 0.2) is 77.8 Å². The predicted octanol–water partition coefficient (Wildman–Crippen LogP) is 4.29. The second kappa shape index (κ2) is 10.3. The number of aromatic nitrogens is 1. The van der Waals surface area contributed by atoms with Gasteiger partial charge in [-0.3, -0.25) is 14.4 Å². The molecule has 10 heteroatoms. The minimum absolute atomic E-state index is 0.0175. The zero-order chi connectivity index (χ0) is 27.8. The van der Waals surface area contributed by atoms with Gasteiger partial charge in [-0.2, -0.15) is 0 Å². The molecule has 3 aromatic rings. The molecule has 2 aromatic carbocycles. The number of pyridine rings is 1. The van der Waals surface area contributed by atoms with E-state index >= 15 is 0 Å². The highest BCUT2D eigenvalue weighted by atomic mass is 19.1. The zero-order valence-corrected chi connectivity index (χ0v) is 20.9. The average Bonchev–Trinajstić information content (AvgIpc) is 3.03. The summed E-state index contributed by atoms with van der Waals surface area (Å²) in [7, 11) is 0. The average molecular weight is 536 g/mol. The van der Waals surface area contributed by atoms with Crippen LogP contribution in [0.25, 0.3) is 0 Å². The van der Waals surface area contributed by atoms with Gasteiger partial charge in [0.05, 0.1) is 6.04 Å². The molecule has 200 valence electrons. The minimum Gasteiger partial charge on any atom is -0.483 e. The molecule has 2 amide bonds. The van der Waals surface area contributed by atoms with Crippen LogP contribution in [-0.4, -0.2) is 33.9 Å². The standard InChI is InChI=1S/C29H24F3N3O4/c1-16-8-9-17(2)34-14-24(16)35-13-21(28(37)33-12-20-22(31)10-19(30)11-23(20)32)26(36)27(25(35)29(34)38)39-15-18-6-4-3-5-7-18/h3-11,13,17,24H,1,12,14-15H2,2H3,(H,33,37)/t17-,24+/m0/s1. The minimum atomic E-state index is -1.18. The Morgan fingerprint density at radius 1 is 1.13 bits per heavy atom. The molecule has 5 rings (SSSR count). The van der Waals surface area contributed by atoms with Crippen LogP contribution in [0.2, 0.25) is 0 Å². The normalized spacial score (nSPS) is 18.0. The lowest BCUT2D eigenvalue weighted by atomic mass is 10.0. The number of hydrogen-bond acceptors (Lipinski definition) is 4. The summed E-state index contributed by atoms with van der Waals surface area (Å²) in [4.78, 5) is 42.0. The Morgan fingerprint density at radius 2 is 1.82 bits per heavy atom. The van der Waals surface area contributed by atoms with E-state index in [-0.39, 0.29) is 36.2 Å². The summed E-state index contributed by atoms with van der Waals surface area (Å²) in [6.07, 6.45) is 4.86. The van der Waals surface area contributed by atoms with Crippen LogP contribution in [0, 0.1) is 17.5 Å². The van der Waals surface area contributed by atoms with E-state index < -0.39 is 52.8 Å². The number of nitrogens with one attached hydrogen (secondary N) is 1. The first kappa shape index (κ1) is 26.0. The molecule has 3 heterocycles. The van der Waals surface area contributed by atoms with Crippen molar-refractivity contribution in [1.82, 2.24) is 14.8 Å². The van der Waals surface area contributed by atoms with Gasteiger partial charge >= 0.3 is 0 Å². The summed E-state index contributed by atoms with van der Waals surface area (Å²) in [5.74, 6) is -5.15. The van der Waals surface area contributed by atoms with Crippen LogP contribution >= 0.6 is 0 Å². The maximum absolute atomic E-state index is 14.1. The summed E-state index contributed by atoms with van der Waals surface area (Å²) in [5.41, 5.74) is -0.443. The van der Waals surface area contributed by atoms with Crippen molar-refractivity contribution in [2.75, 3.05) is 6.54 Å². The fourth-order valence-electron chi connectivity index (χ4n) is 4.71. The number of rotatable bonds is 6. The Balaban J connectivity index is 1.57. The number of carbonyl (C=O) groups excluding carboxylic acids is 2. The van der Waals surface area contributed by atoms with E-state index in [1.807, 2.05) is 19.1 Å². The van der Waals surface area contributed by atoms with Crippen LogP contribution in [0.5, 0.6) is 5.75 Å². The third-order valence-corrected chi connectivity index (χ3v) is 6.87. The van der Waals surface area contributed by atoms with Gasteiger partial charge in [-0.05, 0) is 18.1 Å². The summed E-state index contributed by atoms with van der Waals surface area (Å²) < 4.78 is 48.9. The second-order valence-corrected chi connectivity index (χ2v) is 9.41. The summed E-state index contributed by atoms with van der Waals surface area (Å²) in [6, 6.07) is 9.21. The first-order chi connectivity index (χ1) is 18.7. The van der Waals surface area contributed by atoms with Gasteiger partial charge in [0, 0.05) is 43.0 Å². The predicted molar refractivity (Wildman–Crippen MR) is 137 cm³/mol. The van der Waals surface area contributed by atoms with Crippen molar-refractivity contribution >= 4 is 11.8 Å². The Bertz CT molecular complexity index is 1560. The lowest BCUT2D eigenvalue weighted by Gasteiger charge is -2.37. The van der Waals surface area contributed by atoms with E-state index in [4.69, 9.17) is 4.74 Å². The smallest absolute Gasteiger partial charge is 0.275 e. The molecule has 1 N–H and O–H groups in total. The van der Waals surface area contributed by atoms with E-state index in [2.05, 4.69) is 11.9 Å². The van der Waals surface area contributed by atoms with Crippen molar-refractivity contribution in [3.05, 3.63) is 123 Å². The molecule has 7 nitrogen and oxygen atoms in total. The first-order valence-electron chi connectivity index (χ1n) is 12.2. The largest absolute Gasteiger partial charge is 0.483 e. The highest BCUT2D eigenvalue weighted by Crippen LogP contribution is 2.34. The van der Waals surface area contributed by atoms with Crippen molar-refractivity contribution in [2.45, 2.75) is 32.2 Å². The molecule has 2 atom stereocenters. The fourth-order valence-corrected chi connectivity index (χ4v) is 4.71. The SMILES string of the molecule is C=C1C=C[C@H](C)N2C[C@H]1n1cc(C(=O)NCc3c(F)cc(F)cc3F)c(=O)c(OCc3ccccc3)c1C2=O. The lowest BCUT2D eigenvalue weighted by molar-refractivity contribution is 0.0640. The third kappa shape index (κ3) is 4.85. The van der Waals surface area contributed by atoms with Crippen molar-refractivity contribution in [2.24, 2.45) is 0 Å². The molecule has 0 saturated carbocycles. The van der Waals surface area contributed by atoms with Crippen molar-refractivity contribution in [1.29, 1.82) is 0 Å². The summed E-state index contributed by atoms with van der Waals surface area (Å²) in [6.45, 7) is 5.51. The van der Waals surface area contributed by atoms with Crippen molar-refractivity contribution in [3.63, 3.8) is 0 Å². The molecular weight excluding hydrogens is 511 g/mol. The summed E-state index contributed by atoms with van der Waals surface area (Å²) in [5, 5.41) is 2.32. The number of carbonyl (C=O) groups is 2. The van der Waals surface area contributed by atoms with E-state index in [0.29, 0.717) is 17.7 Å². The molecule has 0 saturated heterocycles. The molecule has 0 spiro atoms. The van der Waals surface area contributed by atoms with Crippen LogP contribution in [0.3, 0.4) is 0 Å². The first-order valence-corrected chi connectivity index (χ1v) is 12.2.